The number of phenolic OH excluding ortho intramolecular Hbond substituents is 3. The predicted molar refractivity (Wildman–Crippen MR) is 538 cm³/mol. The lowest BCUT2D eigenvalue weighted by atomic mass is 9.46. The van der Waals surface area contributed by atoms with Crippen molar-refractivity contribution in [1.82, 2.24) is 0 Å². The first-order valence-electron chi connectivity index (χ1n) is 52.5. The number of carbonyl (C=O) groups is 7. The van der Waals surface area contributed by atoms with E-state index in [2.05, 4.69) is 102 Å². The predicted octanol–water partition coefficient (Wildman–Crippen LogP) is 28.3. The zero-order valence-electron chi connectivity index (χ0n) is 88.7. The maximum Gasteiger partial charge on any atom is 0.344 e. The third-order valence-corrected chi connectivity index (χ3v) is 34.0. The lowest BCUT2D eigenvalue weighted by Gasteiger charge is -2.61. The van der Waals surface area contributed by atoms with Crippen molar-refractivity contribution in [2.24, 2.45) is 92.2 Å². The zero-order chi connectivity index (χ0) is 100. The molecule has 19 heteroatoms. The molecule has 0 spiro atoms. The van der Waals surface area contributed by atoms with Gasteiger partial charge in [-0.2, -0.15) is 0 Å². The first-order chi connectivity index (χ1) is 63.4. The molecule has 760 valence electrons. The van der Waals surface area contributed by atoms with Crippen molar-refractivity contribution >= 4 is 41.8 Å². The van der Waals surface area contributed by atoms with Gasteiger partial charge in [-0.3, -0.25) is 19.2 Å². The molecule has 135 heavy (non-hydrogen) atoms. The van der Waals surface area contributed by atoms with Crippen molar-refractivity contribution in [3.05, 3.63) is 119 Å². The maximum atomic E-state index is 12.4. The van der Waals surface area contributed by atoms with Gasteiger partial charge in [0.25, 0.3) is 0 Å². The van der Waals surface area contributed by atoms with Crippen molar-refractivity contribution in [3.63, 3.8) is 0 Å². The summed E-state index contributed by atoms with van der Waals surface area (Å²) in [5, 5.41) is 27.0. The fraction of sp³-hybridized carbons (Fsp3) is 0.733. The van der Waals surface area contributed by atoms with Crippen LogP contribution in [-0.2, 0) is 71.5 Å². The molecule has 19 nitrogen and oxygen atoms in total. The smallest absolute Gasteiger partial charge is 0.344 e. The number of ether oxygens (including phenoxy) is 9. The summed E-state index contributed by atoms with van der Waals surface area (Å²) >= 11 is 0. The van der Waals surface area contributed by atoms with Crippen molar-refractivity contribution in [2.45, 2.75) is 426 Å². The lowest BCUT2D eigenvalue weighted by Crippen LogP contribution is -2.58. The van der Waals surface area contributed by atoms with Crippen molar-refractivity contribution in [2.75, 3.05) is 26.4 Å². The van der Waals surface area contributed by atoms with Gasteiger partial charge in [-0.25, -0.2) is 14.4 Å². The Morgan fingerprint density at radius 3 is 0.889 bits per heavy atom. The van der Waals surface area contributed by atoms with Gasteiger partial charge in [0.2, 0.25) is 0 Å². The number of rotatable bonds is 32. The summed E-state index contributed by atoms with van der Waals surface area (Å²) < 4.78 is 50.0. The van der Waals surface area contributed by atoms with E-state index in [1.807, 2.05) is 145 Å². The van der Waals surface area contributed by atoms with Crippen molar-refractivity contribution < 1.29 is 91.5 Å². The molecule has 4 aromatic carbocycles. The third-order valence-electron chi connectivity index (χ3n) is 34.0. The normalized spacial score (nSPS) is 26.5. The summed E-state index contributed by atoms with van der Waals surface area (Å²) in [6, 6.07) is 30.6. The minimum absolute atomic E-state index is 0.0197. The number of phenols is 3. The van der Waals surface area contributed by atoms with E-state index in [-0.39, 0.29) is 89.6 Å². The summed E-state index contributed by atoms with van der Waals surface area (Å²) in [4.78, 5) is 84.9. The van der Waals surface area contributed by atoms with E-state index in [0.29, 0.717) is 90.5 Å². The van der Waals surface area contributed by atoms with E-state index in [0.717, 1.165) is 98.5 Å². The Bertz CT molecular complexity index is 3990. The Hall–Kier alpha value is -7.67. The molecule has 0 aliphatic heterocycles. The molecule has 17 rings (SSSR count). The van der Waals surface area contributed by atoms with Gasteiger partial charge >= 0.3 is 41.8 Å². The van der Waals surface area contributed by atoms with Crippen LogP contribution >= 0.6 is 0 Å². The van der Waals surface area contributed by atoms with Crippen molar-refractivity contribution in [1.29, 1.82) is 0 Å². The molecule has 0 radical (unpaired) electrons. The molecule has 12 bridgehead atoms. The van der Waals surface area contributed by atoms with Gasteiger partial charge < -0.3 is 58.0 Å². The average molecular weight is 1880 g/mol. The quantitative estimate of drug-likeness (QED) is 0.0233. The SMILES string of the molecule is CCC(C)(C)C(=O)OCC(=O)OC(C)(C)C12CC3CC(CC(C3)C1)C2.CCC(C)(C)C(=O)OCC(=O)OC1(C)C2CC3CC(C2)CC1C3.CCC(C)(C)C(=O)OCC(=O)OC1(C)C2CC3CC(C2)CC1C3.CCC(C)c1ccc(O)cc1.CCC(C)c1ccc(O)cc1.CCC(C)c1ccc(O)cc1.CCC1(OC(=O)C(C)(C)CC)CCCC1.CCOC(C)Oc1ccc(C(C)CC)cc1. The van der Waals surface area contributed by atoms with Crippen LogP contribution in [0.5, 0.6) is 23.0 Å². The summed E-state index contributed by atoms with van der Waals surface area (Å²) in [5.41, 5.74) is 2.05. The van der Waals surface area contributed by atoms with Crippen LogP contribution in [0.15, 0.2) is 97.1 Å². The largest absolute Gasteiger partial charge is 0.508 e. The number of esters is 7. The van der Waals surface area contributed by atoms with Gasteiger partial charge in [0.05, 0.1) is 21.7 Å². The number of carbonyl (C=O) groups excluding carboxylic acids is 7. The van der Waals surface area contributed by atoms with Gasteiger partial charge in [-0.15, -0.1) is 0 Å². The average Bonchev–Trinajstić information content (AvgIpc) is 0.902. The van der Waals surface area contributed by atoms with Gasteiger partial charge in [0, 0.05) is 12.0 Å². The topological polar surface area (TPSA) is 263 Å². The Morgan fingerprint density at radius 2 is 0.622 bits per heavy atom. The molecular formula is C116H182O19. The van der Waals surface area contributed by atoms with Gasteiger partial charge in [0.1, 0.15) is 45.4 Å². The molecule has 0 heterocycles. The summed E-state index contributed by atoms with van der Waals surface area (Å²) in [7, 11) is 0. The lowest BCUT2D eigenvalue weighted by molar-refractivity contribution is -0.208. The van der Waals surface area contributed by atoms with Crippen LogP contribution in [0.4, 0.5) is 0 Å². The van der Waals surface area contributed by atoms with Crippen LogP contribution in [0.1, 0.15) is 419 Å². The maximum absolute atomic E-state index is 12.4. The van der Waals surface area contributed by atoms with Crippen LogP contribution in [0.2, 0.25) is 0 Å². The summed E-state index contributed by atoms with van der Waals surface area (Å²) in [6.45, 7) is 54.5. The Kier molecular flexibility index (Phi) is 43.2. The van der Waals surface area contributed by atoms with Crippen LogP contribution in [0.3, 0.4) is 0 Å². The molecule has 13 saturated carbocycles. The molecule has 5 unspecified atom stereocenters. The van der Waals surface area contributed by atoms with E-state index in [1.54, 1.807) is 36.4 Å². The summed E-state index contributed by atoms with van der Waals surface area (Å²) in [6.07, 6.45) is 32.7. The van der Waals surface area contributed by atoms with Crippen LogP contribution in [0, 0.1) is 92.2 Å². The highest BCUT2D eigenvalue weighted by molar-refractivity contribution is 5.82. The zero-order valence-corrected chi connectivity index (χ0v) is 88.7. The molecular weight excluding hydrogens is 1700 g/mol. The van der Waals surface area contributed by atoms with E-state index < -0.39 is 27.8 Å². The summed E-state index contributed by atoms with van der Waals surface area (Å²) in [5.74, 6) is 9.85. The Morgan fingerprint density at radius 1 is 0.356 bits per heavy atom. The molecule has 3 N–H and O–H groups in total. The molecule has 5 atom stereocenters. The highest BCUT2D eigenvalue weighted by atomic mass is 16.7. The second-order valence-electron chi connectivity index (χ2n) is 45.6. The Balaban J connectivity index is 0.000000215. The van der Waals surface area contributed by atoms with E-state index in [9.17, 15) is 33.6 Å². The fourth-order valence-corrected chi connectivity index (χ4v) is 22.5. The third kappa shape index (κ3) is 32.2. The van der Waals surface area contributed by atoms with Gasteiger partial charge in [-0.05, 0) is 443 Å². The highest BCUT2D eigenvalue weighted by Crippen LogP contribution is 2.65. The highest BCUT2D eigenvalue weighted by Gasteiger charge is 2.61. The molecule has 13 aliphatic rings. The number of hydrogen-bond donors (Lipinski definition) is 3. The molecule has 13 fully saturated rings. The van der Waals surface area contributed by atoms with E-state index in [1.165, 1.54) is 138 Å². The van der Waals surface area contributed by atoms with Crippen LogP contribution in [0.25, 0.3) is 0 Å². The van der Waals surface area contributed by atoms with E-state index in [4.69, 9.17) is 58.0 Å². The standard InChI is InChI=1S/C21H34O4.2C19H30O4.C14H22O2.C13H24O2.3C10H14O/c1-6-19(2,3)18(23)24-13-17(22)25-20(4,5)21-10-14-7-15(11-21)9-16(8-14)12-21;2*1-5-18(2,3)17(21)22-11-16(20)23-19(4)14-7-12-6-13(9-14)10-15(19)8-12;1-5-11(3)13-7-9-14(10-8-13)16-12(4)15-6-2;1-5-12(3,4)11(14)15-13(6-2)9-7-8-10-13;3*1-3-8(2)9-4-6-10(11)7-5-9/h14-16H,6-13H2,1-5H3;2*12-15H,5-11H2,1-4H3;7-12H,5-6H2,1-4H3;5-10H2,1-4H3;3*4-8,11H,3H2,1-2H3. The first-order valence-corrected chi connectivity index (χ1v) is 52.5. The second kappa shape index (κ2) is 51.0. The second-order valence-corrected chi connectivity index (χ2v) is 45.6. The monoisotopic (exact) mass is 1880 g/mol. The minimum atomic E-state index is -0.560. The fourth-order valence-electron chi connectivity index (χ4n) is 22.5. The number of hydrogen-bond acceptors (Lipinski definition) is 19. The number of aromatic hydroxyl groups is 3. The Labute approximate surface area is 815 Å². The molecule has 0 aromatic heterocycles. The van der Waals surface area contributed by atoms with Crippen molar-refractivity contribution in [3.8, 4) is 23.0 Å². The number of benzene rings is 4. The molecule has 0 amide bonds. The van der Waals surface area contributed by atoms with Crippen LogP contribution < -0.4 is 4.74 Å². The van der Waals surface area contributed by atoms with Gasteiger partial charge in [0.15, 0.2) is 26.1 Å². The first kappa shape index (κ1) is 114. The molecule has 0 saturated heterocycles. The molecule has 4 aromatic rings. The molecule has 13 aliphatic carbocycles. The minimum Gasteiger partial charge on any atom is -0.508 e. The van der Waals surface area contributed by atoms with Gasteiger partial charge in [-0.1, -0.05) is 139 Å². The van der Waals surface area contributed by atoms with E-state index >= 15 is 0 Å². The van der Waals surface area contributed by atoms with Crippen LogP contribution in [-0.4, -0.2) is 112 Å².